The zero-order valence-electron chi connectivity index (χ0n) is 8.34. The molecule has 0 bridgehead atoms. The maximum absolute atomic E-state index is 5.71. The molecule has 3 heteroatoms. The zero-order valence-corrected chi connectivity index (χ0v) is 8.34. The van der Waals surface area contributed by atoms with E-state index in [0.717, 1.165) is 26.3 Å². The van der Waals surface area contributed by atoms with Gasteiger partial charge in [0.25, 0.3) is 0 Å². The molecule has 1 fully saturated rings. The second kappa shape index (κ2) is 3.73. The van der Waals surface area contributed by atoms with E-state index in [0.29, 0.717) is 6.04 Å². The first kappa shape index (κ1) is 9.96. The molecule has 0 aromatic carbocycles. The molecule has 12 heavy (non-hydrogen) atoms. The van der Waals surface area contributed by atoms with Crippen molar-refractivity contribution in [2.75, 3.05) is 33.4 Å². The van der Waals surface area contributed by atoms with Gasteiger partial charge in [-0.1, -0.05) is 0 Å². The van der Waals surface area contributed by atoms with Crippen LogP contribution in [0.15, 0.2) is 0 Å². The summed E-state index contributed by atoms with van der Waals surface area (Å²) < 4.78 is 5.20. The van der Waals surface area contributed by atoms with Crippen LogP contribution in [0, 0.1) is 5.41 Å². The number of nitrogens with two attached hydrogens (primary N) is 1. The molecule has 2 N–H and O–H groups in total. The van der Waals surface area contributed by atoms with Crippen molar-refractivity contribution in [3.05, 3.63) is 0 Å². The molecule has 0 radical (unpaired) electrons. The lowest BCUT2D eigenvalue weighted by atomic mass is 9.85. The number of hydrogen-bond donors (Lipinski definition) is 1. The van der Waals surface area contributed by atoms with E-state index in [4.69, 9.17) is 10.5 Å². The third kappa shape index (κ3) is 1.97. The van der Waals surface area contributed by atoms with E-state index in [1.54, 1.807) is 0 Å². The summed E-state index contributed by atoms with van der Waals surface area (Å²) in [5.41, 5.74) is 5.96. The summed E-state index contributed by atoms with van der Waals surface area (Å²) in [6.45, 7) is 7.86. The highest BCUT2D eigenvalue weighted by molar-refractivity contribution is 4.89. The molecule has 72 valence electrons. The Labute approximate surface area is 74.9 Å². The maximum atomic E-state index is 5.71. The second-order valence-corrected chi connectivity index (χ2v) is 4.21. The highest BCUT2D eigenvalue weighted by atomic mass is 16.5. The van der Waals surface area contributed by atoms with Crippen LogP contribution >= 0.6 is 0 Å². The molecule has 3 nitrogen and oxygen atoms in total. The van der Waals surface area contributed by atoms with Crippen LogP contribution < -0.4 is 5.73 Å². The first-order valence-corrected chi connectivity index (χ1v) is 4.58. The van der Waals surface area contributed by atoms with Crippen LogP contribution in [0.2, 0.25) is 0 Å². The quantitative estimate of drug-likeness (QED) is 0.663. The Morgan fingerprint density at radius 1 is 1.50 bits per heavy atom. The Hall–Kier alpha value is -0.120. The summed E-state index contributed by atoms with van der Waals surface area (Å²) in [5.74, 6) is 0. The van der Waals surface area contributed by atoms with E-state index in [1.807, 2.05) is 0 Å². The lowest BCUT2D eigenvalue weighted by molar-refractivity contribution is -0.120. The SMILES string of the molecule is CC(C)N(C)CC1(CN)COC1. The fourth-order valence-corrected chi connectivity index (χ4v) is 1.38. The van der Waals surface area contributed by atoms with E-state index >= 15 is 0 Å². The summed E-state index contributed by atoms with van der Waals surface area (Å²) in [7, 11) is 2.14. The van der Waals surface area contributed by atoms with Gasteiger partial charge in [-0.2, -0.15) is 0 Å². The topological polar surface area (TPSA) is 38.5 Å². The van der Waals surface area contributed by atoms with E-state index < -0.39 is 0 Å². The standard InChI is InChI=1S/C9H20N2O/c1-8(2)11(3)5-9(4-10)6-12-7-9/h8H,4-7,10H2,1-3H3. The molecule has 0 amide bonds. The monoisotopic (exact) mass is 172 g/mol. The van der Waals surface area contributed by atoms with Crippen LogP contribution in [-0.4, -0.2) is 44.3 Å². The molecule has 1 heterocycles. The lowest BCUT2D eigenvalue weighted by Gasteiger charge is -2.43. The van der Waals surface area contributed by atoms with Crippen LogP contribution in [-0.2, 0) is 4.74 Å². The van der Waals surface area contributed by atoms with Gasteiger partial charge in [0, 0.05) is 24.5 Å². The minimum atomic E-state index is 0.249. The van der Waals surface area contributed by atoms with Gasteiger partial charge >= 0.3 is 0 Å². The van der Waals surface area contributed by atoms with Gasteiger partial charge in [0.1, 0.15) is 0 Å². The Morgan fingerprint density at radius 3 is 2.33 bits per heavy atom. The van der Waals surface area contributed by atoms with E-state index in [-0.39, 0.29) is 5.41 Å². The van der Waals surface area contributed by atoms with Crippen molar-refractivity contribution >= 4 is 0 Å². The predicted octanol–water partition coefficient (Wildman–Crippen LogP) is 0.302. The maximum Gasteiger partial charge on any atom is 0.0569 e. The van der Waals surface area contributed by atoms with Crippen molar-refractivity contribution in [3.8, 4) is 0 Å². The number of hydrogen-bond acceptors (Lipinski definition) is 3. The van der Waals surface area contributed by atoms with Crippen molar-refractivity contribution in [2.24, 2.45) is 11.1 Å². The number of rotatable bonds is 4. The van der Waals surface area contributed by atoms with E-state index in [1.165, 1.54) is 0 Å². The highest BCUT2D eigenvalue weighted by Crippen LogP contribution is 2.27. The summed E-state index contributed by atoms with van der Waals surface area (Å²) >= 11 is 0. The van der Waals surface area contributed by atoms with Crippen LogP contribution in [0.4, 0.5) is 0 Å². The molecular weight excluding hydrogens is 152 g/mol. The van der Waals surface area contributed by atoms with Crippen LogP contribution in [0.25, 0.3) is 0 Å². The second-order valence-electron chi connectivity index (χ2n) is 4.21. The molecule has 0 atom stereocenters. The fraction of sp³-hybridized carbons (Fsp3) is 1.00. The third-order valence-electron chi connectivity index (χ3n) is 2.72. The van der Waals surface area contributed by atoms with Crippen molar-refractivity contribution in [2.45, 2.75) is 19.9 Å². The molecule has 1 saturated heterocycles. The highest BCUT2D eigenvalue weighted by Gasteiger charge is 2.38. The molecule has 1 aliphatic rings. The summed E-state index contributed by atoms with van der Waals surface area (Å²) in [4.78, 5) is 2.33. The molecule has 0 spiro atoms. The Balaban J connectivity index is 2.37. The normalized spacial score (nSPS) is 21.5. The molecule has 0 saturated carbocycles. The predicted molar refractivity (Wildman–Crippen MR) is 50.1 cm³/mol. The summed E-state index contributed by atoms with van der Waals surface area (Å²) in [6.07, 6.45) is 0. The minimum absolute atomic E-state index is 0.249. The smallest absolute Gasteiger partial charge is 0.0569 e. The van der Waals surface area contributed by atoms with Gasteiger partial charge in [0.05, 0.1) is 13.2 Å². The first-order valence-electron chi connectivity index (χ1n) is 4.58. The number of nitrogens with zero attached hydrogens (tertiary/aromatic N) is 1. The fourth-order valence-electron chi connectivity index (χ4n) is 1.38. The van der Waals surface area contributed by atoms with Crippen LogP contribution in [0.5, 0.6) is 0 Å². The molecule has 0 aliphatic carbocycles. The largest absolute Gasteiger partial charge is 0.380 e. The Bertz CT molecular complexity index is 138. The Kier molecular flexibility index (Phi) is 3.09. The molecule has 0 aromatic rings. The van der Waals surface area contributed by atoms with E-state index in [2.05, 4.69) is 25.8 Å². The van der Waals surface area contributed by atoms with E-state index in [9.17, 15) is 0 Å². The average molecular weight is 172 g/mol. The van der Waals surface area contributed by atoms with Crippen molar-refractivity contribution in [1.82, 2.24) is 4.90 Å². The zero-order chi connectivity index (χ0) is 9.19. The van der Waals surface area contributed by atoms with Gasteiger partial charge in [-0.05, 0) is 20.9 Å². The van der Waals surface area contributed by atoms with Gasteiger partial charge in [0.2, 0.25) is 0 Å². The van der Waals surface area contributed by atoms with Crippen LogP contribution in [0.3, 0.4) is 0 Å². The summed E-state index contributed by atoms with van der Waals surface area (Å²) in [6, 6.07) is 0.592. The molecule has 1 aliphatic heterocycles. The van der Waals surface area contributed by atoms with Crippen molar-refractivity contribution < 1.29 is 4.74 Å². The summed E-state index contributed by atoms with van der Waals surface area (Å²) in [5, 5.41) is 0. The van der Waals surface area contributed by atoms with Crippen molar-refractivity contribution in [1.29, 1.82) is 0 Å². The number of ether oxygens (including phenoxy) is 1. The Morgan fingerprint density at radius 2 is 2.08 bits per heavy atom. The van der Waals surface area contributed by atoms with Gasteiger partial charge in [-0.3, -0.25) is 0 Å². The molecule has 0 unspecified atom stereocenters. The third-order valence-corrected chi connectivity index (χ3v) is 2.72. The average Bonchev–Trinajstić information content (AvgIpc) is 1.96. The van der Waals surface area contributed by atoms with Gasteiger partial charge in [0.15, 0.2) is 0 Å². The van der Waals surface area contributed by atoms with Crippen molar-refractivity contribution in [3.63, 3.8) is 0 Å². The van der Waals surface area contributed by atoms with Crippen LogP contribution in [0.1, 0.15) is 13.8 Å². The molecular formula is C9H20N2O. The van der Waals surface area contributed by atoms with Gasteiger partial charge < -0.3 is 15.4 Å². The van der Waals surface area contributed by atoms with Gasteiger partial charge in [-0.15, -0.1) is 0 Å². The molecule has 1 rings (SSSR count). The molecule has 0 aromatic heterocycles. The lowest BCUT2D eigenvalue weighted by Crippen LogP contribution is -2.55. The first-order chi connectivity index (χ1) is 5.59. The van der Waals surface area contributed by atoms with Gasteiger partial charge in [-0.25, -0.2) is 0 Å². The minimum Gasteiger partial charge on any atom is -0.380 e.